The Labute approximate surface area is 202 Å². The fraction of sp³-hybridized carbons (Fsp3) is 0.464. The molecule has 0 fully saturated rings. The van der Waals surface area contributed by atoms with Crippen LogP contribution in [0, 0.1) is 29.5 Å². The maximum absolute atomic E-state index is 14.1. The number of aromatic nitrogens is 3. The van der Waals surface area contributed by atoms with Crippen LogP contribution in [0.5, 0.6) is 0 Å². The Morgan fingerprint density at radius 1 is 1.12 bits per heavy atom. The first-order chi connectivity index (χ1) is 16.4. The molecular formula is C28H35FN4O. The second-order valence-electron chi connectivity index (χ2n) is 9.93. The Balaban J connectivity index is 1.41. The van der Waals surface area contributed by atoms with Gasteiger partial charge in [-0.3, -0.25) is 4.98 Å². The van der Waals surface area contributed by atoms with E-state index in [2.05, 4.69) is 60.0 Å². The van der Waals surface area contributed by atoms with Crippen molar-refractivity contribution in [3.05, 3.63) is 77.7 Å². The topological polar surface area (TPSA) is 55.1 Å². The molecule has 3 atom stereocenters. The van der Waals surface area contributed by atoms with Crippen LogP contribution in [0.3, 0.4) is 0 Å². The van der Waals surface area contributed by atoms with Gasteiger partial charge in [0, 0.05) is 37.8 Å². The molecule has 180 valence electrons. The molecule has 1 aromatic carbocycles. The Kier molecular flexibility index (Phi) is 7.88. The number of benzene rings is 1. The SMILES string of the molecule is CC1=CC(CN(C)CCc2ccccn2)C(C(C)C)CC1Cc1nnc(-c2ccccc2F)o1. The molecule has 34 heavy (non-hydrogen) atoms. The summed E-state index contributed by atoms with van der Waals surface area (Å²) in [5.74, 6) is 2.51. The molecule has 2 aromatic heterocycles. The third kappa shape index (κ3) is 5.98. The van der Waals surface area contributed by atoms with E-state index >= 15 is 0 Å². The van der Waals surface area contributed by atoms with Crippen LogP contribution in [-0.4, -0.2) is 40.2 Å². The molecule has 5 nitrogen and oxygen atoms in total. The maximum atomic E-state index is 14.1. The van der Waals surface area contributed by atoms with Gasteiger partial charge in [-0.05, 0) is 68.3 Å². The molecule has 1 aliphatic carbocycles. The molecule has 3 unspecified atom stereocenters. The Bertz CT molecular complexity index is 1090. The van der Waals surface area contributed by atoms with Crippen LogP contribution >= 0.6 is 0 Å². The van der Waals surface area contributed by atoms with Gasteiger partial charge < -0.3 is 9.32 Å². The Morgan fingerprint density at radius 3 is 2.65 bits per heavy atom. The average Bonchev–Trinajstić information content (AvgIpc) is 3.28. The number of halogens is 1. The molecule has 4 rings (SSSR count). The first-order valence-electron chi connectivity index (χ1n) is 12.2. The van der Waals surface area contributed by atoms with E-state index in [1.807, 2.05) is 18.3 Å². The van der Waals surface area contributed by atoms with Gasteiger partial charge in [-0.15, -0.1) is 10.2 Å². The minimum absolute atomic E-state index is 0.248. The number of hydrogen-bond donors (Lipinski definition) is 0. The van der Waals surface area contributed by atoms with Gasteiger partial charge in [0.2, 0.25) is 5.89 Å². The highest BCUT2D eigenvalue weighted by Gasteiger charge is 2.33. The molecule has 0 saturated heterocycles. The summed E-state index contributed by atoms with van der Waals surface area (Å²) >= 11 is 0. The van der Waals surface area contributed by atoms with Crippen LogP contribution in [-0.2, 0) is 12.8 Å². The zero-order chi connectivity index (χ0) is 24.1. The molecule has 0 aliphatic heterocycles. The molecule has 0 N–H and O–H groups in total. The molecule has 0 saturated carbocycles. The zero-order valence-corrected chi connectivity index (χ0v) is 20.6. The van der Waals surface area contributed by atoms with Crippen molar-refractivity contribution in [3.63, 3.8) is 0 Å². The van der Waals surface area contributed by atoms with Crippen LogP contribution < -0.4 is 0 Å². The lowest BCUT2D eigenvalue weighted by molar-refractivity contribution is 0.176. The second-order valence-corrected chi connectivity index (χ2v) is 9.93. The van der Waals surface area contributed by atoms with Crippen molar-refractivity contribution in [3.8, 4) is 11.5 Å². The summed E-state index contributed by atoms with van der Waals surface area (Å²) in [6, 6.07) is 12.6. The second kappa shape index (κ2) is 11.0. The molecule has 3 aromatic rings. The number of likely N-dealkylation sites (N-methyl/N-ethyl adjacent to an activating group) is 1. The summed E-state index contributed by atoms with van der Waals surface area (Å²) in [6.45, 7) is 8.89. The monoisotopic (exact) mass is 462 g/mol. The first kappa shape index (κ1) is 24.3. The zero-order valence-electron chi connectivity index (χ0n) is 20.6. The van der Waals surface area contributed by atoms with Gasteiger partial charge in [-0.2, -0.15) is 0 Å². The molecule has 6 heteroatoms. The predicted octanol–water partition coefficient (Wildman–Crippen LogP) is 5.84. The normalized spacial score (nSPS) is 20.7. The fourth-order valence-corrected chi connectivity index (χ4v) is 5.08. The standard InChI is InChI=1S/C28H35FN4O/c1-19(2)25-16-21(17-27-31-32-28(34-27)24-10-5-6-11-26(24)29)20(3)15-22(25)18-33(4)14-12-23-9-7-8-13-30-23/h5-11,13,15,19,21-22,25H,12,14,16-18H2,1-4H3. The first-order valence-corrected chi connectivity index (χ1v) is 12.2. The van der Waals surface area contributed by atoms with E-state index in [0.29, 0.717) is 41.5 Å². The van der Waals surface area contributed by atoms with Crippen LogP contribution in [0.15, 0.2) is 64.7 Å². The molecule has 0 bridgehead atoms. The largest absolute Gasteiger partial charge is 0.421 e. The minimum Gasteiger partial charge on any atom is -0.421 e. The average molecular weight is 463 g/mol. The smallest absolute Gasteiger partial charge is 0.250 e. The summed E-state index contributed by atoms with van der Waals surface area (Å²) in [5.41, 5.74) is 2.87. The van der Waals surface area contributed by atoms with Gasteiger partial charge in [0.05, 0.1) is 5.56 Å². The van der Waals surface area contributed by atoms with E-state index in [-0.39, 0.29) is 11.7 Å². The Hall–Kier alpha value is -2.86. The summed E-state index contributed by atoms with van der Waals surface area (Å²) in [5, 5.41) is 8.33. The van der Waals surface area contributed by atoms with Crippen molar-refractivity contribution < 1.29 is 8.81 Å². The van der Waals surface area contributed by atoms with Crippen LogP contribution in [0.25, 0.3) is 11.5 Å². The van der Waals surface area contributed by atoms with Gasteiger partial charge >= 0.3 is 0 Å². The van der Waals surface area contributed by atoms with Gasteiger partial charge in [0.25, 0.3) is 5.89 Å². The molecule has 2 heterocycles. The number of nitrogens with zero attached hydrogens (tertiary/aromatic N) is 4. The van der Waals surface area contributed by atoms with Crippen molar-refractivity contribution >= 4 is 0 Å². The fourth-order valence-electron chi connectivity index (χ4n) is 5.08. The number of pyridine rings is 1. The highest BCUT2D eigenvalue weighted by molar-refractivity contribution is 5.53. The molecule has 0 radical (unpaired) electrons. The summed E-state index contributed by atoms with van der Waals surface area (Å²) < 4.78 is 20.0. The van der Waals surface area contributed by atoms with E-state index in [4.69, 9.17) is 4.42 Å². The van der Waals surface area contributed by atoms with E-state index in [0.717, 1.165) is 31.6 Å². The number of rotatable bonds is 9. The van der Waals surface area contributed by atoms with Crippen LogP contribution in [0.4, 0.5) is 4.39 Å². The third-order valence-corrected chi connectivity index (χ3v) is 7.07. The van der Waals surface area contributed by atoms with Gasteiger partial charge in [-0.1, -0.05) is 43.7 Å². The summed E-state index contributed by atoms with van der Waals surface area (Å²) in [4.78, 5) is 6.88. The van der Waals surface area contributed by atoms with Gasteiger partial charge in [0.15, 0.2) is 0 Å². The maximum Gasteiger partial charge on any atom is 0.250 e. The lowest BCUT2D eigenvalue weighted by Crippen LogP contribution is -2.36. The molecule has 1 aliphatic rings. The highest BCUT2D eigenvalue weighted by atomic mass is 19.1. The van der Waals surface area contributed by atoms with Crippen molar-refractivity contribution in [2.45, 2.75) is 40.0 Å². The van der Waals surface area contributed by atoms with E-state index in [9.17, 15) is 4.39 Å². The number of hydrogen-bond acceptors (Lipinski definition) is 5. The molecule has 0 amide bonds. The summed E-state index contributed by atoms with van der Waals surface area (Å²) in [6.07, 6.45) is 7.07. The highest BCUT2D eigenvalue weighted by Crippen LogP contribution is 2.39. The van der Waals surface area contributed by atoms with E-state index in [1.165, 1.54) is 11.6 Å². The molecule has 0 spiro atoms. The summed E-state index contributed by atoms with van der Waals surface area (Å²) in [7, 11) is 2.21. The van der Waals surface area contributed by atoms with Crippen molar-refractivity contribution in [2.75, 3.05) is 20.1 Å². The Morgan fingerprint density at radius 2 is 1.91 bits per heavy atom. The predicted molar refractivity (Wildman–Crippen MR) is 133 cm³/mol. The van der Waals surface area contributed by atoms with Crippen molar-refractivity contribution in [2.24, 2.45) is 23.7 Å². The van der Waals surface area contributed by atoms with Crippen molar-refractivity contribution in [1.29, 1.82) is 0 Å². The van der Waals surface area contributed by atoms with Crippen molar-refractivity contribution in [1.82, 2.24) is 20.1 Å². The number of allylic oxidation sites excluding steroid dienone is 1. The quantitative estimate of drug-likeness (QED) is 0.374. The lowest BCUT2D eigenvalue weighted by atomic mass is 9.69. The molecular weight excluding hydrogens is 427 g/mol. The van der Waals surface area contributed by atoms with Crippen LogP contribution in [0.2, 0.25) is 0 Å². The minimum atomic E-state index is -0.346. The third-order valence-electron chi connectivity index (χ3n) is 7.07. The van der Waals surface area contributed by atoms with E-state index < -0.39 is 0 Å². The lowest BCUT2D eigenvalue weighted by Gasteiger charge is -2.38. The van der Waals surface area contributed by atoms with Crippen LogP contribution in [0.1, 0.15) is 38.8 Å². The van der Waals surface area contributed by atoms with E-state index in [1.54, 1.807) is 18.2 Å². The van der Waals surface area contributed by atoms with Gasteiger partial charge in [0.1, 0.15) is 5.82 Å². The van der Waals surface area contributed by atoms with Gasteiger partial charge in [-0.25, -0.2) is 4.39 Å².